The summed E-state index contributed by atoms with van der Waals surface area (Å²) in [5.41, 5.74) is 2.47. The van der Waals surface area contributed by atoms with E-state index in [2.05, 4.69) is 9.62 Å². The van der Waals surface area contributed by atoms with E-state index in [1.165, 1.54) is 24.0 Å². The molecule has 2 saturated heterocycles. The van der Waals surface area contributed by atoms with Gasteiger partial charge in [-0.1, -0.05) is 6.07 Å². The van der Waals surface area contributed by atoms with Crippen molar-refractivity contribution in [2.75, 3.05) is 26.2 Å². The van der Waals surface area contributed by atoms with Crippen LogP contribution >= 0.6 is 0 Å². The van der Waals surface area contributed by atoms with Gasteiger partial charge in [0.25, 0.3) is 0 Å². The quantitative estimate of drug-likeness (QED) is 0.901. The first-order chi connectivity index (χ1) is 11.1. The van der Waals surface area contributed by atoms with Crippen molar-refractivity contribution in [1.29, 1.82) is 0 Å². The molecule has 2 heterocycles. The number of aryl methyl sites for hydroxylation is 2. The maximum Gasteiger partial charge on any atom is 0.240 e. The summed E-state index contributed by atoms with van der Waals surface area (Å²) in [4.78, 5) is 2.81. The van der Waals surface area contributed by atoms with Crippen molar-refractivity contribution < 1.29 is 13.2 Å². The van der Waals surface area contributed by atoms with Gasteiger partial charge in [-0.05, 0) is 61.9 Å². The lowest BCUT2D eigenvalue weighted by Crippen LogP contribution is -2.50. The molecule has 0 radical (unpaired) electrons. The monoisotopic (exact) mass is 336 g/mol. The average molecular weight is 336 g/mol. The minimum Gasteiger partial charge on any atom is -0.374 e. The number of benzene rings is 1. The smallest absolute Gasteiger partial charge is 0.240 e. The van der Waals surface area contributed by atoms with Crippen LogP contribution in [0.1, 0.15) is 30.4 Å². The standard InChI is InChI=1S/C17H24N2O3S/c20-23(21,17-7-6-13-3-1-4-14(13)9-17)18-10-16-11-19-8-2-5-15(19)12-22-16/h6-7,9,15-16,18H,1-5,8,10-12H2/t15-,16+/m0/s1. The average Bonchev–Trinajstić information content (AvgIpc) is 3.20. The molecule has 23 heavy (non-hydrogen) atoms. The topological polar surface area (TPSA) is 58.6 Å². The zero-order valence-electron chi connectivity index (χ0n) is 13.3. The Labute approximate surface area is 138 Å². The van der Waals surface area contributed by atoms with E-state index in [1.807, 2.05) is 12.1 Å². The molecular weight excluding hydrogens is 312 g/mol. The van der Waals surface area contributed by atoms with Gasteiger partial charge in [0, 0.05) is 19.1 Å². The molecule has 2 atom stereocenters. The Kier molecular flexibility index (Phi) is 4.17. The molecule has 1 aromatic carbocycles. The highest BCUT2D eigenvalue weighted by atomic mass is 32.2. The number of hydrogen-bond acceptors (Lipinski definition) is 4. The molecule has 0 amide bonds. The van der Waals surface area contributed by atoms with Crippen LogP contribution in [0, 0.1) is 0 Å². The van der Waals surface area contributed by atoms with Gasteiger partial charge in [-0.25, -0.2) is 13.1 Å². The zero-order valence-corrected chi connectivity index (χ0v) is 14.1. The van der Waals surface area contributed by atoms with Crippen molar-refractivity contribution in [2.45, 2.75) is 49.1 Å². The first kappa shape index (κ1) is 15.6. The Bertz CT molecular complexity index is 689. The lowest BCUT2D eigenvalue weighted by atomic mass is 10.1. The van der Waals surface area contributed by atoms with Crippen LogP contribution in [0.4, 0.5) is 0 Å². The maximum absolute atomic E-state index is 12.5. The summed E-state index contributed by atoms with van der Waals surface area (Å²) < 4.78 is 33.6. The molecule has 4 rings (SSSR count). The third-order valence-corrected chi connectivity index (χ3v) is 6.76. The number of fused-ring (bicyclic) bond motifs is 2. The van der Waals surface area contributed by atoms with Gasteiger partial charge in [0.15, 0.2) is 0 Å². The minimum absolute atomic E-state index is 0.0476. The normalized spacial score (nSPS) is 27.8. The minimum atomic E-state index is -3.45. The molecule has 2 fully saturated rings. The Morgan fingerprint density at radius 3 is 3.00 bits per heavy atom. The second-order valence-electron chi connectivity index (χ2n) is 6.88. The second-order valence-corrected chi connectivity index (χ2v) is 8.65. The number of nitrogens with one attached hydrogen (secondary N) is 1. The number of morpholine rings is 1. The lowest BCUT2D eigenvalue weighted by molar-refractivity contribution is -0.0449. The predicted octanol–water partition coefficient (Wildman–Crippen LogP) is 1.32. The fraction of sp³-hybridized carbons (Fsp3) is 0.647. The molecule has 0 bridgehead atoms. The summed E-state index contributed by atoms with van der Waals surface area (Å²) in [6.07, 6.45) is 5.55. The van der Waals surface area contributed by atoms with Gasteiger partial charge in [0.05, 0.1) is 17.6 Å². The van der Waals surface area contributed by atoms with Crippen LogP contribution in [-0.2, 0) is 27.6 Å². The van der Waals surface area contributed by atoms with E-state index >= 15 is 0 Å². The molecule has 2 aliphatic heterocycles. The molecule has 1 aromatic rings. The molecule has 0 aromatic heterocycles. The summed E-state index contributed by atoms with van der Waals surface area (Å²) in [5.74, 6) is 0. The molecule has 3 aliphatic rings. The largest absolute Gasteiger partial charge is 0.374 e. The maximum atomic E-state index is 12.5. The van der Waals surface area contributed by atoms with Crippen LogP contribution < -0.4 is 4.72 Å². The Balaban J connectivity index is 1.40. The van der Waals surface area contributed by atoms with Gasteiger partial charge in [0.1, 0.15) is 0 Å². The molecule has 1 N–H and O–H groups in total. The van der Waals surface area contributed by atoms with Gasteiger partial charge < -0.3 is 4.74 Å². The molecule has 0 saturated carbocycles. The molecule has 0 spiro atoms. The zero-order chi connectivity index (χ0) is 15.9. The molecule has 126 valence electrons. The summed E-state index contributed by atoms with van der Waals surface area (Å²) in [5, 5.41) is 0. The number of ether oxygens (including phenoxy) is 1. The summed E-state index contributed by atoms with van der Waals surface area (Å²) in [7, 11) is -3.45. The number of nitrogens with zero attached hydrogens (tertiary/aromatic N) is 1. The van der Waals surface area contributed by atoms with Crippen LogP contribution in [0.5, 0.6) is 0 Å². The summed E-state index contributed by atoms with van der Waals surface area (Å²) >= 11 is 0. The van der Waals surface area contributed by atoms with Gasteiger partial charge >= 0.3 is 0 Å². The second kappa shape index (κ2) is 6.16. The van der Waals surface area contributed by atoms with Crippen LogP contribution in [0.15, 0.2) is 23.1 Å². The summed E-state index contributed by atoms with van der Waals surface area (Å²) in [6, 6.07) is 6.07. The third-order valence-electron chi connectivity index (χ3n) is 5.34. The number of sulfonamides is 1. The van der Waals surface area contributed by atoms with Crippen LogP contribution in [0.3, 0.4) is 0 Å². The van der Waals surface area contributed by atoms with Crippen molar-refractivity contribution in [3.05, 3.63) is 29.3 Å². The Morgan fingerprint density at radius 2 is 2.09 bits per heavy atom. The van der Waals surface area contributed by atoms with E-state index in [9.17, 15) is 8.42 Å². The molecule has 5 nitrogen and oxygen atoms in total. The van der Waals surface area contributed by atoms with E-state index in [-0.39, 0.29) is 6.10 Å². The fourth-order valence-electron chi connectivity index (χ4n) is 4.01. The predicted molar refractivity (Wildman–Crippen MR) is 88.0 cm³/mol. The van der Waals surface area contributed by atoms with E-state index in [1.54, 1.807) is 6.07 Å². The highest BCUT2D eigenvalue weighted by Crippen LogP contribution is 2.25. The van der Waals surface area contributed by atoms with Crippen LogP contribution in [0.2, 0.25) is 0 Å². The third kappa shape index (κ3) is 3.18. The van der Waals surface area contributed by atoms with Crippen LogP contribution in [0.25, 0.3) is 0 Å². The Hall–Kier alpha value is -0.950. The highest BCUT2D eigenvalue weighted by Gasteiger charge is 2.32. The first-order valence-corrected chi connectivity index (χ1v) is 10.1. The fourth-order valence-corrected chi connectivity index (χ4v) is 5.13. The number of rotatable bonds is 4. The van der Waals surface area contributed by atoms with E-state index in [0.29, 0.717) is 17.5 Å². The summed E-state index contributed by atoms with van der Waals surface area (Å²) in [6.45, 7) is 3.02. The number of hydrogen-bond donors (Lipinski definition) is 1. The SMILES string of the molecule is O=S(=O)(NC[C@@H]1CN2CCC[C@H]2CO1)c1ccc2c(c1)CCC2. The lowest BCUT2D eigenvalue weighted by Gasteiger charge is -2.35. The van der Waals surface area contributed by atoms with Gasteiger partial charge in [0.2, 0.25) is 10.0 Å². The van der Waals surface area contributed by atoms with Crippen molar-refractivity contribution >= 4 is 10.0 Å². The van der Waals surface area contributed by atoms with E-state index in [0.717, 1.165) is 39.0 Å². The molecular formula is C17H24N2O3S. The van der Waals surface area contributed by atoms with Crippen LogP contribution in [-0.4, -0.2) is 51.7 Å². The van der Waals surface area contributed by atoms with E-state index < -0.39 is 10.0 Å². The van der Waals surface area contributed by atoms with Gasteiger partial charge in [-0.15, -0.1) is 0 Å². The molecule has 1 aliphatic carbocycles. The van der Waals surface area contributed by atoms with Gasteiger partial charge in [-0.2, -0.15) is 0 Å². The molecule has 6 heteroatoms. The Morgan fingerprint density at radius 1 is 1.22 bits per heavy atom. The van der Waals surface area contributed by atoms with Crippen molar-refractivity contribution in [3.63, 3.8) is 0 Å². The molecule has 0 unspecified atom stereocenters. The first-order valence-electron chi connectivity index (χ1n) is 8.59. The van der Waals surface area contributed by atoms with Crippen molar-refractivity contribution in [3.8, 4) is 0 Å². The van der Waals surface area contributed by atoms with E-state index in [4.69, 9.17) is 4.74 Å². The van der Waals surface area contributed by atoms with Crippen molar-refractivity contribution in [2.24, 2.45) is 0 Å². The highest BCUT2D eigenvalue weighted by molar-refractivity contribution is 7.89. The van der Waals surface area contributed by atoms with Gasteiger partial charge in [-0.3, -0.25) is 4.90 Å². The van der Waals surface area contributed by atoms with Crippen molar-refractivity contribution in [1.82, 2.24) is 9.62 Å².